The van der Waals surface area contributed by atoms with Crippen LogP contribution in [0, 0.1) is 0 Å². The molecule has 0 bridgehead atoms. The first-order valence-corrected chi connectivity index (χ1v) is 18.8. The van der Waals surface area contributed by atoms with E-state index in [0.29, 0.717) is 17.6 Å². The zero-order chi connectivity index (χ0) is 37.3. The highest BCUT2D eigenvalue weighted by Gasteiger charge is 2.23. The van der Waals surface area contributed by atoms with Crippen molar-refractivity contribution >= 4 is 38.9 Å². The van der Waals surface area contributed by atoms with Crippen LogP contribution in [0.4, 0.5) is 17.1 Å². The normalized spacial score (nSPS) is 11.2. The summed E-state index contributed by atoms with van der Waals surface area (Å²) in [6.45, 7) is 0. The standard InChI is InChI=1S/C51H35N5/c1-5-16-36(17-6-1)38-28-30-41(31-29-38)50-52-49(40-20-9-3-10-21-40)53-51(54-50)56-45-25-14-13-24-44(45)48-46(26-15-27-47(48)56)55(42-22-11-4-12-23-42)43-34-32-39(33-35-43)37-18-7-2-8-19-37/h1-35H. The van der Waals surface area contributed by atoms with Crippen LogP contribution in [0.15, 0.2) is 212 Å². The van der Waals surface area contributed by atoms with E-state index in [1.165, 1.54) is 11.1 Å². The lowest BCUT2D eigenvalue weighted by Gasteiger charge is -2.26. The molecule has 0 atom stereocenters. The maximum Gasteiger partial charge on any atom is 0.238 e. The van der Waals surface area contributed by atoms with Gasteiger partial charge in [0.25, 0.3) is 0 Å². The molecule has 0 aliphatic carbocycles. The third-order valence-electron chi connectivity index (χ3n) is 10.3. The van der Waals surface area contributed by atoms with E-state index in [2.05, 4.69) is 185 Å². The average molecular weight is 718 g/mol. The Hall–Kier alpha value is -7.63. The van der Waals surface area contributed by atoms with Crippen molar-refractivity contribution in [2.75, 3.05) is 4.90 Å². The third-order valence-corrected chi connectivity index (χ3v) is 10.3. The summed E-state index contributed by atoms with van der Waals surface area (Å²) in [5.74, 6) is 1.78. The molecule has 5 heteroatoms. The maximum atomic E-state index is 5.23. The summed E-state index contributed by atoms with van der Waals surface area (Å²) >= 11 is 0. The predicted molar refractivity (Wildman–Crippen MR) is 231 cm³/mol. The van der Waals surface area contributed by atoms with Crippen molar-refractivity contribution in [3.63, 3.8) is 0 Å². The monoisotopic (exact) mass is 717 g/mol. The Kier molecular flexibility index (Phi) is 8.43. The van der Waals surface area contributed by atoms with Gasteiger partial charge in [0.1, 0.15) is 0 Å². The molecule has 2 aromatic heterocycles. The van der Waals surface area contributed by atoms with Gasteiger partial charge in [-0.3, -0.25) is 4.57 Å². The fraction of sp³-hybridized carbons (Fsp3) is 0. The van der Waals surface area contributed by atoms with E-state index in [9.17, 15) is 0 Å². The summed E-state index contributed by atoms with van der Waals surface area (Å²) in [7, 11) is 0. The van der Waals surface area contributed by atoms with Gasteiger partial charge in [0.2, 0.25) is 5.95 Å². The number of aromatic nitrogens is 4. The second-order valence-corrected chi connectivity index (χ2v) is 13.7. The molecule has 0 N–H and O–H groups in total. The Morgan fingerprint density at radius 2 is 0.750 bits per heavy atom. The van der Waals surface area contributed by atoms with E-state index in [1.54, 1.807) is 0 Å². The molecule has 0 spiro atoms. The molecule has 10 rings (SSSR count). The first-order valence-electron chi connectivity index (χ1n) is 18.8. The summed E-state index contributed by atoms with van der Waals surface area (Å²) in [4.78, 5) is 17.8. The number of hydrogen-bond acceptors (Lipinski definition) is 4. The van der Waals surface area contributed by atoms with Crippen molar-refractivity contribution in [1.29, 1.82) is 0 Å². The lowest BCUT2D eigenvalue weighted by molar-refractivity contribution is 0.953. The molecular weight excluding hydrogens is 683 g/mol. The molecule has 0 saturated carbocycles. The van der Waals surface area contributed by atoms with Crippen molar-refractivity contribution in [2.24, 2.45) is 0 Å². The van der Waals surface area contributed by atoms with Gasteiger partial charge in [-0.25, -0.2) is 4.98 Å². The van der Waals surface area contributed by atoms with Crippen molar-refractivity contribution < 1.29 is 0 Å². The molecule has 56 heavy (non-hydrogen) atoms. The summed E-state index contributed by atoms with van der Waals surface area (Å²) in [6, 6.07) is 73.9. The largest absolute Gasteiger partial charge is 0.310 e. The van der Waals surface area contributed by atoms with Crippen LogP contribution in [0.3, 0.4) is 0 Å². The minimum Gasteiger partial charge on any atom is -0.310 e. The average Bonchev–Trinajstić information content (AvgIpc) is 3.63. The molecule has 0 fully saturated rings. The van der Waals surface area contributed by atoms with Crippen LogP contribution in [0.5, 0.6) is 0 Å². The van der Waals surface area contributed by atoms with Gasteiger partial charge in [-0.05, 0) is 64.7 Å². The molecule has 0 saturated heterocycles. The quantitative estimate of drug-likeness (QED) is 0.157. The highest BCUT2D eigenvalue weighted by atomic mass is 15.2. The van der Waals surface area contributed by atoms with E-state index in [-0.39, 0.29) is 0 Å². The summed E-state index contributed by atoms with van der Waals surface area (Å²) in [6.07, 6.45) is 0. The predicted octanol–water partition coefficient (Wildman–Crippen LogP) is 13.1. The van der Waals surface area contributed by atoms with Crippen LogP contribution >= 0.6 is 0 Å². The molecule has 0 amide bonds. The Bertz CT molecular complexity index is 2930. The van der Waals surface area contributed by atoms with E-state index in [0.717, 1.165) is 61.1 Å². The van der Waals surface area contributed by atoms with Crippen LogP contribution in [-0.2, 0) is 0 Å². The Labute approximate surface area is 325 Å². The van der Waals surface area contributed by atoms with Gasteiger partial charge in [-0.1, -0.05) is 170 Å². The molecule has 5 nitrogen and oxygen atoms in total. The molecule has 10 aromatic rings. The number of benzene rings is 8. The minimum absolute atomic E-state index is 0.558. The molecule has 0 unspecified atom stereocenters. The fourth-order valence-electron chi connectivity index (χ4n) is 7.59. The topological polar surface area (TPSA) is 46.8 Å². The summed E-state index contributed by atoms with van der Waals surface area (Å²) < 4.78 is 2.19. The van der Waals surface area contributed by atoms with Gasteiger partial charge in [-0.15, -0.1) is 0 Å². The van der Waals surface area contributed by atoms with Gasteiger partial charge in [0.15, 0.2) is 11.6 Å². The minimum atomic E-state index is 0.558. The van der Waals surface area contributed by atoms with Gasteiger partial charge in [0.05, 0.1) is 16.7 Å². The van der Waals surface area contributed by atoms with Crippen LogP contribution in [0.2, 0.25) is 0 Å². The lowest BCUT2D eigenvalue weighted by atomic mass is 10.0. The van der Waals surface area contributed by atoms with Gasteiger partial charge < -0.3 is 4.90 Å². The number of para-hydroxylation sites is 2. The van der Waals surface area contributed by atoms with Crippen LogP contribution < -0.4 is 4.90 Å². The molecular formula is C51H35N5. The van der Waals surface area contributed by atoms with E-state index < -0.39 is 0 Å². The number of nitrogens with zero attached hydrogens (tertiary/aromatic N) is 5. The first kappa shape index (κ1) is 33.0. The molecule has 8 aromatic carbocycles. The number of hydrogen-bond donors (Lipinski definition) is 0. The zero-order valence-electron chi connectivity index (χ0n) is 30.4. The van der Waals surface area contributed by atoms with Gasteiger partial charge in [0, 0.05) is 33.3 Å². The third kappa shape index (κ3) is 6.07. The van der Waals surface area contributed by atoms with Crippen molar-refractivity contribution in [1.82, 2.24) is 19.5 Å². The van der Waals surface area contributed by atoms with E-state index >= 15 is 0 Å². The SMILES string of the molecule is c1ccc(-c2ccc(-c3nc(-c4ccccc4)nc(-n4c5ccccc5c5c(N(c6ccccc6)c6ccc(-c7ccccc7)cc6)cccc54)n3)cc2)cc1. The van der Waals surface area contributed by atoms with Crippen LogP contribution in [0.1, 0.15) is 0 Å². The molecule has 0 aliphatic rings. The van der Waals surface area contributed by atoms with E-state index in [1.807, 2.05) is 36.4 Å². The van der Waals surface area contributed by atoms with E-state index in [4.69, 9.17) is 15.0 Å². The Balaban J connectivity index is 1.17. The fourth-order valence-corrected chi connectivity index (χ4v) is 7.59. The van der Waals surface area contributed by atoms with Crippen LogP contribution in [-0.4, -0.2) is 19.5 Å². The second kappa shape index (κ2) is 14.3. The Morgan fingerprint density at radius 3 is 1.36 bits per heavy atom. The highest BCUT2D eigenvalue weighted by Crippen LogP contribution is 2.44. The van der Waals surface area contributed by atoms with Crippen LogP contribution in [0.25, 0.3) is 72.8 Å². The molecule has 0 radical (unpaired) electrons. The first-order chi connectivity index (χ1) is 27.8. The summed E-state index contributed by atoms with van der Waals surface area (Å²) in [5, 5.41) is 2.21. The number of anilines is 3. The molecule has 264 valence electrons. The van der Waals surface area contributed by atoms with Crippen molar-refractivity contribution in [3.05, 3.63) is 212 Å². The smallest absolute Gasteiger partial charge is 0.238 e. The second-order valence-electron chi connectivity index (χ2n) is 13.7. The maximum absolute atomic E-state index is 5.23. The Morgan fingerprint density at radius 1 is 0.321 bits per heavy atom. The van der Waals surface area contributed by atoms with Gasteiger partial charge in [-0.2, -0.15) is 9.97 Å². The zero-order valence-corrected chi connectivity index (χ0v) is 30.4. The van der Waals surface area contributed by atoms with Crippen molar-refractivity contribution in [2.45, 2.75) is 0 Å². The van der Waals surface area contributed by atoms with Crippen molar-refractivity contribution in [3.8, 4) is 51.0 Å². The highest BCUT2D eigenvalue weighted by molar-refractivity contribution is 6.16. The molecule has 2 heterocycles. The summed E-state index contributed by atoms with van der Waals surface area (Å²) in [5.41, 5.74) is 11.7. The number of fused-ring (bicyclic) bond motifs is 3. The van der Waals surface area contributed by atoms with Gasteiger partial charge >= 0.3 is 0 Å². The molecule has 0 aliphatic heterocycles. The lowest BCUT2D eigenvalue weighted by Crippen LogP contribution is -2.10. The number of rotatable bonds is 8.